The number of rotatable bonds is 5. The average molecular weight is 404 g/mol. The van der Waals surface area contributed by atoms with E-state index in [4.69, 9.17) is 11.7 Å². The Balaban J connectivity index is 1.70. The lowest BCUT2D eigenvalue weighted by atomic mass is 10.0. The lowest BCUT2D eigenvalue weighted by Gasteiger charge is -2.10. The fourth-order valence-corrected chi connectivity index (χ4v) is 4.14. The van der Waals surface area contributed by atoms with Crippen LogP contribution in [0, 0.1) is 42.3 Å². The van der Waals surface area contributed by atoms with Crippen LogP contribution in [0.5, 0.6) is 0 Å². The van der Waals surface area contributed by atoms with Crippen molar-refractivity contribution in [2.24, 2.45) is 5.92 Å². The van der Waals surface area contributed by atoms with Gasteiger partial charge in [0.2, 0.25) is 0 Å². The number of terminal acetylenes is 1. The highest BCUT2D eigenvalue weighted by Gasteiger charge is 2.50. The van der Waals surface area contributed by atoms with Crippen molar-refractivity contribution in [3.8, 4) is 18.4 Å². The maximum absolute atomic E-state index is 13.6. The van der Waals surface area contributed by atoms with Gasteiger partial charge in [-0.15, -0.1) is 6.42 Å². The van der Waals surface area contributed by atoms with E-state index in [-0.39, 0.29) is 29.4 Å². The lowest BCUT2D eigenvalue weighted by Crippen LogP contribution is -2.32. The Morgan fingerprint density at radius 3 is 2.83 bits per heavy atom. The summed E-state index contributed by atoms with van der Waals surface area (Å²) in [5.74, 6) is -0.100. The molecule has 1 aromatic heterocycles. The first kappa shape index (κ1) is 19.4. The highest BCUT2D eigenvalue weighted by molar-refractivity contribution is 6.43. The van der Waals surface area contributed by atoms with E-state index < -0.39 is 23.4 Å². The maximum atomic E-state index is 13.6. The SMILES string of the molecule is C#CCNC(=O)C(=O)c1c(C)c(C(=O)Nc2ccc(F)c(C#N)c2)n2c1C[C@H]1C[C@H]12. The van der Waals surface area contributed by atoms with Gasteiger partial charge < -0.3 is 15.2 Å². The second kappa shape index (κ2) is 7.16. The van der Waals surface area contributed by atoms with E-state index in [9.17, 15) is 18.8 Å². The van der Waals surface area contributed by atoms with E-state index in [1.165, 1.54) is 12.1 Å². The van der Waals surface area contributed by atoms with Crippen molar-refractivity contribution in [2.45, 2.75) is 25.8 Å². The number of ketones is 1. The lowest BCUT2D eigenvalue weighted by molar-refractivity contribution is -0.116. The number of halogens is 1. The van der Waals surface area contributed by atoms with E-state index in [0.717, 1.165) is 12.5 Å². The van der Waals surface area contributed by atoms with Crippen LogP contribution in [0.2, 0.25) is 0 Å². The summed E-state index contributed by atoms with van der Waals surface area (Å²) in [7, 11) is 0. The first-order chi connectivity index (χ1) is 14.4. The van der Waals surface area contributed by atoms with Crippen molar-refractivity contribution < 1.29 is 18.8 Å². The Labute approximate surface area is 171 Å². The summed E-state index contributed by atoms with van der Waals surface area (Å²) in [5.41, 5.74) is 1.70. The molecule has 1 saturated carbocycles. The third-order valence-electron chi connectivity index (χ3n) is 5.57. The second-order valence-corrected chi connectivity index (χ2v) is 7.41. The Hall–Kier alpha value is -3.91. The zero-order valence-electron chi connectivity index (χ0n) is 16.1. The molecule has 1 fully saturated rings. The number of nitrogens with one attached hydrogen (secondary N) is 2. The van der Waals surface area contributed by atoms with Gasteiger partial charge in [0.1, 0.15) is 17.6 Å². The van der Waals surface area contributed by atoms with Crippen molar-refractivity contribution in [3.05, 3.63) is 52.1 Å². The molecule has 1 aromatic carbocycles. The van der Waals surface area contributed by atoms with Gasteiger partial charge in [0.15, 0.2) is 0 Å². The van der Waals surface area contributed by atoms with Gasteiger partial charge in [-0.1, -0.05) is 5.92 Å². The average Bonchev–Trinajstić information content (AvgIpc) is 3.30. The highest BCUT2D eigenvalue weighted by Crippen LogP contribution is 2.54. The normalized spacial score (nSPS) is 17.9. The molecule has 2 amide bonds. The molecular weight excluding hydrogens is 387 g/mol. The number of nitrogens with zero attached hydrogens (tertiary/aromatic N) is 2. The Morgan fingerprint density at radius 2 is 2.13 bits per heavy atom. The number of nitriles is 1. The number of hydrogen-bond acceptors (Lipinski definition) is 4. The van der Waals surface area contributed by atoms with E-state index in [1.54, 1.807) is 13.0 Å². The third kappa shape index (κ3) is 3.03. The minimum Gasteiger partial charge on any atom is -0.338 e. The van der Waals surface area contributed by atoms with Crippen LogP contribution in [0.3, 0.4) is 0 Å². The standard InChI is InChI=1S/C22H17FN4O3/c1-3-6-25-22(30)20(28)18-11(2)19(27-16-8-12(16)9-17(18)27)21(29)26-14-4-5-15(23)13(7-14)10-24/h1,4-5,7,12,16H,6,8-9H2,2H3,(H,25,30)(H,26,29)/t12-,16-/m1/s1. The molecule has 2 heterocycles. The van der Waals surface area contributed by atoms with Gasteiger partial charge in [0, 0.05) is 17.4 Å². The Bertz CT molecular complexity index is 1200. The second-order valence-electron chi connectivity index (χ2n) is 7.41. The zero-order valence-corrected chi connectivity index (χ0v) is 16.1. The van der Waals surface area contributed by atoms with Gasteiger partial charge >= 0.3 is 0 Å². The number of anilines is 1. The Morgan fingerprint density at radius 1 is 1.37 bits per heavy atom. The van der Waals surface area contributed by atoms with Crippen LogP contribution in [0.1, 0.15) is 50.1 Å². The van der Waals surface area contributed by atoms with Crippen molar-refractivity contribution in [2.75, 3.05) is 11.9 Å². The minimum absolute atomic E-state index is 0.0654. The number of amides is 2. The summed E-state index contributed by atoms with van der Waals surface area (Å²) in [6.07, 6.45) is 6.66. The molecule has 8 heteroatoms. The van der Waals surface area contributed by atoms with Gasteiger partial charge in [-0.05, 0) is 49.4 Å². The Kier molecular flexibility index (Phi) is 4.63. The molecule has 2 atom stereocenters. The predicted octanol–water partition coefficient (Wildman–Crippen LogP) is 2.11. The number of fused-ring (bicyclic) bond motifs is 3. The van der Waals surface area contributed by atoms with E-state index in [1.807, 2.05) is 4.57 Å². The fourth-order valence-electron chi connectivity index (χ4n) is 4.14. The number of benzene rings is 1. The molecule has 2 aliphatic rings. The molecule has 150 valence electrons. The van der Waals surface area contributed by atoms with Crippen molar-refractivity contribution in [1.82, 2.24) is 9.88 Å². The van der Waals surface area contributed by atoms with E-state index in [0.29, 0.717) is 29.3 Å². The molecule has 1 aliphatic heterocycles. The minimum atomic E-state index is -0.811. The van der Waals surface area contributed by atoms with Crippen LogP contribution in [0.4, 0.5) is 10.1 Å². The number of carbonyl (C=O) groups is 3. The first-order valence-electron chi connectivity index (χ1n) is 9.38. The van der Waals surface area contributed by atoms with Crippen LogP contribution in [-0.4, -0.2) is 28.7 Å². The largest absolute Gasteiger partial charge is 0.338 e. The topological polar surface area (TPSA) is 104 Å². The van der Waals surface area contributed by atoms with Crippen LogP contribution < -0.4 is 10.6 Å². The first-order valence-corrected chi connectivity index (χ1v) is 9.38. The summed E-state index contributed by atoms with van der Waals surface area (Å²) in [6, 6.07) is 5.56. The fraction of sp³-hybridized carbons (Fsp3) is 0.273. The van der Waals surface area contributed by atoms with Crippen molar-refractivity contribution >= 4 is 23.3 Å². The molecule has 0 saturated heterocycles. The van der Waals surface area contributed by atoms with E-state index in [2.05, 4.69) is 16.6 Å². The molecule has 0 unspecified atom stereocenters. The molecule has 0 spiro atoms. The van der Waals surface area contributed by atoms with Crippen molar-refractivity contribution in [3.63, 3.8) is 0 Å². The molecule has 0 bridgehead atoms. The number of carbonyl (C=O) groups excluding carboxylic acids is 3. The van der Waals surface area contributed by atoms with E-state index >= 15 is 0 Å². The van der Waals surface area contributed by atoms with Gasteiger partial charge in [-0.25, -0.2) is 4.39 Å². The molecular formula is C22H17FN4O3. The third-order valence-corrected chi connectivity index (χ3v) is 5.57. The van der Waals surface area contributed by atoms with Gasteiger partial charge in [0.25, 0.3) is 17.6 Å². The molecule has 4 rings (SSSR count). The molecule has 2 aromatic rings. The quantitative estimate of drug-likeness (QED) is 0.452. The smallest absolute Gasteiger partial charge is 0.293 e. The summed E-state index contributed by atoms with van der Waals surface area (Å²) < 4.78 is 15.4. The van der Waals surface area contributed by atoms with Gasteiger partial charge in [0.05, 0.1) is 17.7 Å². The maximum Gasteiger partial charge on any atom is 0.293 e. The summed E-state index contributed by atoms with van der Waals surface area (Å²) in [5, 5.41) is 14.0. The molecule has 7 nitrogen and oxygen atoms in total. The van der Waals surface area contributed by atoms with Crippen LogP contribution >= 0.6 is 0 Å². The zero-order chi connectivity index (χ0) is 21.6. The van der Waals surface area contributed by atoms with Crippen LogP contribution in [0.25, 0.3) is 0 Å². The van der Waals surface area contributed by atoms with Crippen LogP contribution in [0.15, 0.2) is 18.2 Å². The number of aromatic nitrogens is 1. The molecule has 30 heavy (non-hydrogen) atoms. The molecule has 2 N–H and O–H groups in total. The molecule has 0 radical (unpaired) electrons. The summed E-state index contributed by atoms with van der Waals surface area (Å²) in [6.45, 7) is 1.56. The van der Waals surface area contributed by atoms with Gasteiger partial charge in [-0.2, -0.15) is 5.26 Å². The van der Waals surface area contributed by atoms with Crippen molar-refractivity contribution in [1.29, 1.82) is 5.26 Å². The predicted molar refractivity (Wildman–Crippen MR) is 105 cm³/mol. The highest BCUT2D eigenvalue weighted by atomic mass is 19.1. The summed E-state index contributed by atoms with van der Waals surface area (Å²) >= 11 is 0. The monoisotopic (exact) mass is 404 g/mol. The molecule has 1 aliphatic carbocycles. The summed E-state index contributed by atoms with van der Waals surface area (Å²) in [4.78, 5) is 38.0. The number of hydrogen-bond donors (Lipinski definition) is 2. The van der Waals surface area contributed by atoms with Gasteiger partial charge in [-0.3, -0.25) is 14.4 Å². The van der Waals surface area contributed by atoms with Crippen LogP contribution in [-0.2, 0) is 11.2 Å². The number of Topliss-reactive ketones (excluding diaryl/α,β-unsaturated/α-hetero) is 1.